The molecule has 4 heteroatoms. The third-order valence-electron chi connectivity index (χ3n) is 3.89. The molecule has 0 saturated heterocycles. The fraction of sp³-hybridized carbons (Fsp3) is 0.250. The molecule has 102 valence electrons. The molecule has 0 saturated carbocycles. The number of benzene rings is 1. The van der Waals surface area contributed by atoms with E-state index in [0.29, 0.717) is 5.69 Å². The lowest BCUT2D eigenvalue weighted by atomic mass is 10.1. The summed E-state index contributed by atoms with van der Waals surface area (Å²) < 4.78 is 2.00. The Kier molecular flexibility index (Phi) is 3.14. The topological polar surface area (TPSA) is 50.7 Å². The van der Waals surface area contributed by atoms with Gasteiger partial charge in [0, 0.05) is 29.8 Å². The van der Waals surface area contributed by atoms with E-state index in [4.69, 9.17) is 0 Å². The number of carbonyl (C=O) groups excluding carboxylic acids is 1. The predicted molar refractivity (Wildman–Crippen MR) is 79.0 cm³/mol. The fourth-order valence-electron chi connectivity index (χ4n) is 2.66. The van der Waals surface area contributed by atoms with Gasteiger partial charge in [0.15, 0.2) is 6.29 Å². The van der Waals surface area contributed by atoms with Gasteiger partial charge in [-0.15, -0.1) is 0 Å². The van der Waals surface area contributed by atoms with Gasteiger partial charge in [0.1, 0.15) is 11.5 Å². The molecule has 0 atom stereocenters. The molecule has 0 amide bonds. The van der Waals surface area contributed by atoms with E-state index in [1.807, 2.05) is 30.7 Å². The summed E-state index contributed by atoms with van der Waals surface area (Å²) in [6, 6.07) is 8.27. The molecule has 0 aliphatic carbocycles. The monoisotopic (exact) mass is 267 g/mol. The van der Waals surface area contributed by atoms with Crippen molar-refractivity contribution in [1.82, 2.24) is 14.5 Å². The Morgan fingerprint density at radius 1 is 1.30 bits per heavy atom. The van der Waals surface area contributed by atoms with Gasteiger partial charge in [-0.1, -0.05) is 18.2 Å². The van der Waals surface area contributed by atoms with Gasteiger partial charge >= 0.3 is 0 Å². The average molecular weight is 267 g/mol. The van der Waals surface area contributed by atoms with E-state index in [0.717, 1.165) is 36.2 Å². The third-order valence-corrected chi connectivity index (χ3v) is 3.89. The van der Waals surface area contributed by atoms with Crippen molar-refractivity contribution in [2.24, 2.45) is 7.05 Å². The van der Waals surface area contributed by atoms with E-state index in [9.17, 15) is 4.79 Å². The van der Waals surface area contributed by atoms with E-state index in [2.05, 4.69) is 28.3 Å². The molecule has 4 nitrogen and oxygen atoms in total. The number of imidazole rings is 1. The number of para-hydroxylation sites is 1. The third kappa shape index (κ3) is 2.03. The Balaban J connectivity index is 1.88. The quantitative estimate of drug-likeness (QED) is 0.739. The standard InChI is InChI=1S/C16H17N3O/c1-11-18-15(10-20)16(19(11)2)8-7-12-9-17-14-6-4-3-5-13(12)14/h3-6,9-10,17H,7-8H2,1-2H3. The number of hydrogen-bond acceptors (Lipinski definition) is 2. The fourth-order valence-corrected chi connectivity index (χ4v) is 2.66. The van der Waals surface area contributed by atoms with Crippen molar-refractivity contribution < 1.29 is 4.79 Å². The second kappa shape index (κ2) is 4.96. The van der Waals surface area contributed by atoms with E-state index < -0.39 is 0 Å². The largest absolute Gasteiger partial charge is 0.361 e. The molecule has 0 aliphatic rings. The molecule has 2 aromatic heterocycles. The number of nitrogens with one attached hydrogen (secondary N) is 1. The van der Waals surface area contributed by atoms with Crippen LogP contribution in [0.25, 0.3) is 10.9 Å². The molecule has 0 unspecified atom stereocenters. The molecular weight excluding hydrogens is 250 g/mol. The second-order valence-electron chi connectivity index (χ2n) is 5.03. The number of aldehydes is 1. The first kappa shape index (κ1) is 12.7. The molecule has 3 rings (SSSR count). The number of aromatic amines is 1. The van der Waals surface area contributed by atoms with Crippen LogP contribution in [-0.2, 0) is 19.9 Å². The molecule has 0 aliphatic heterocycles. The minimum absolute atomic E-state index is 0.560. The van der Waals surface area contributed by atoms with Crippen LogP contribution in [0.1, 0.15) is 27.6 Å². The maximum atomic E-state index is 11.1. The van der Waals surface area contributed by atoms with Gasteiger partial charge in [0.05, 0.1) is 0 Å². The number of nitrogens with zero attached hydrogens (tertiary/aromatic N) is 2. The summed E-state index contributed by atoms with van der Waals surface area (Å²) in [5.41, 5.74) is 3.99. The van der Waals surface area contributed by atoms with Gasteiger partial charge in [0.2, 0.25) is 0 Å². The van der Waals surface area contributed by atoms with Crippen molar-refractivity contribution >= 4 is 17.2 Å². The summed E-state index contributed by atoms with van der Waals surface area (Å²) in [6.07, 6.45) is 4.60. The lowest BCUT2D eigenvalue weighted by molar-refractivity contribution is 0.111. The Hall–Kier alpha value is -2.36. The molecule has 0 radical (unpaired) electrons. The van der Waals surface area contributed by atoms with Gasteiger partial charge < -0.3 is 9.55 Å². The normalized spacial score (nSPS) is 11.1. The number of rotatable bonds is 4. The molecule has 2 heterocycles. The van der Waals surface area contributed by atoms with Crippen molar-refractivity contribution in [1.29, 1.82) is 0 Å². The summed E-state index contributed by atoms with van der Waals surface area (Å²) >= 11 is 0. The van der Waals surface area contributed by atoms with Crippen LogP contribution in [-0.4, -0.2) is 20.8 Å². The summed E-state index contributed by atoms with van der Waals surface area (Å²) in [5.74, 6) is 0.876. The van der Waals surface area contributed by atoms with Crippen molar-refractivity contribution in [2.75, 3.05) is 0 Å². The van der Waals surface area contributed by atoms with Crippen LogP contribution >= 0.6 is 0 Å². The maximum absolute atomic E-state index is 11.1. The second-order valence-corrected chi connectivity index (χ2v) is 5.03. The molecule has 3 aromatic rings. The van der Waals surface area contributed by atoms with Crippen LogP contribution in [0.4, 0.5) is 0 Å². The SMILES string of the molecule is Cc1nc(C=O)c(CCc2c[nH]c3ccccc23)n1C. The summed E-state index contributed by atoms with van der Waals surface area (Å²) in [7, 11) is 1.96. The highest BCUT2D eigenvalue weighted by molar-refractivity contribution is 5.83. The van der Waals surface area contributed by atoms with Gasteiger partial charge in [-0.3, -0.25) is 4.79 Å². The van der Waals surface area contributed by atoms with Crippen molar-refractivity contribution in [3.63, 3.8) is 0 Å². The van der Waals surface area contributed by atoms with E-state index in [-0.39, 0.29) is 0 Å². The van der Waals surface area contributed by atoms with Crippen LogP contribution in [0.2, 0.25) is 0 Å². The molecular formula is C16H17N3O. The van der Waals surface area contributed by atoms with Gasteiger partial charge in [-0.05, 0) is 31.4 Å². The molecule has 0 fully saturated rings. The zero-order chi connectivity index (χ0) is 14.1. The summed E-state index contributed by atoms with van der Waals surface area (Å²) in [5, 5.41) is 1.25. The maximum Gasteiger partial charge on any atom is 0.170 e. The molecule has 1 aromatic carbocycles. The van der Waals surface area contributed by atoms with Crippen molar-refractivity contribution in [2.45, 2.75) is 19.8 Å². The average Bonchev–Trinajstić information content (AvgIpc) is 3.00. The number of carbonyl (C=O) groups is 1. The number of aromatic nitrogens is 3. The first-order chi connectivity index (χ1) is 9.70. The Morgan fingerprint density at radius 3 is 2.90 bits per heavy atom. The molecule has 1 N–H and O–H groups in total. The number of hydrogen-bond donors (Lipinski definition) is 1. The first-order valence-electron chi connectivity index (χ1n) is 6.73. The van der Waals surface area contributed by atoms with Gasteiger partial charge in [-0.25, -0.2) is 4.98 Å². The summed E-state index contributed by atoms with van der Waals surface area (Å²) in [4.78, 5) is 18.6. The van der Waals surface area contributed by atoms with Crippen LogP contribution in [0, 0.1) is 6.92 Å². The smallest absolute Gasteiger partial charge is 0.170 e. The lowest BCUT2D eigenvalue weighted by Crippen LogP contribution is -2.02. The minimum Gasteiger partial charge on any atom is -0.361 e. The van der Waals surface area contributed by atoms with Crippen LogP contribution < -0.4 is 0 Å². The van der Waals surface area contributed by atoms with Gasteiger partial charge in [-0.2, -0.15) is 0 Å². The number of fused-ring (bicyclic) bond motifs is 1. The van der Waals surface area contributed by atoms with E-state index in [1.165, 1.54) is 10.9 Å². The van der Waals surface area contributed by atoms with E-state index >= 15 is 0 Å². The summed E-state index contributed by atoms with van der Waals surface area (Å²) in [6.45, 7) is 1.92. The van der Waals surface area contributed by atoms with Crippen LogP contribution in [0.3, 0.4) is 0 Å². The Labute approximate surface area is 117 Å². The van der Waals surface area contributed by atoms with Crippen LogP contribution in [0.5, 0.6) is 0 Å². The van der Waals surface area contributed by atoms with Crippen LogP contribution in [0.15, 0.2) is 30.5 Å². The highest BCUT2D eigenvalue weighted by Gasteiger charge is 2.12. The molecule has 20 heavy (non-hydrogen) atoms. The minimum atomic E-state index is 0.560. The Morgan fingerprint density at radius 2 is 2.10 bits per heavy atom. The van der Waals surface area contributed by atoms with Gasteiger partial charge in [0.25, 0.3) is 0 Å². The number of H-pyrrole nitrogens is 1. The van der Waals surface area contributed by atoms with Crippen molar-refractivity contribution in [3.05, 3.63) is 53.2 Å². The van der Waals surface area contributed by atoms with Crippen molar-refractivity contribution in [3.8, 4) is 0 Å². The highest BCUT2D eigenvalue weighted by atomic mass is 16.1. The Bertz CT molecular complexity index is 767. The zero-order valence-corrected chi connectivity index (χ0v) is 11.7. The molecule has 0 spiro atoms. The first-order valence-corrected chi connectivity index (χ1v) is 6.73. The van der Waals surface area contributed by atoms with E-state index in [1.54, 1.807) is 0 Å². The number of aryl methyl sites for hydroxylation is 2. The molecule has 0 bridgehead atoms. The predicted octanol–water partition coefficient (Wildman–Crippen LogP) is 2.81. The zero-order valence-electron chi connectivity index (χ0n) is 11.7. The lowest BCUT2D eigenvalue weighted by Gasteiger charge is -2.04. The highest BCUT2D eigenvalue weighted by Crippen LogP contribution is 2.20.